The number of carbonyl (C=O) groups is 1. The Hall–Kier alpha value is -1.17. The molecule has 0 radical (unpaired) electrons. The fraction of sp³-hybridized carbons (Fsp3) is 0.750. The fourth-order valence-corrected chi connectivity index (χ4v) is 5.56. The van der Waals surface area contributed by atoms with Gasteiger partial charge in [-0.3, -0.25) is 0 Å². The molecule has 2 aliphatic carbocycles. The molecular formula is C20H30O5. The number of esters is 1. The van der Waals surface area contributed by atoms with E-state index in [1.54, 1.807) is 0 Å². The largest absolute Gasteiger partial charge is 0.459 e. The van der Waals surface area contributed by atoms with Crippen LogP contribution in [0.2, 0.25) is 0 Å². The maximum atomic E-state index is 11.8. The van der Waals surface area contributed by atoms with Crippen LogP contribution in [0.4, 0.5) is 0 Å². The number of rotatable bonds is 3. The molecule has 1 aliphatic heterocycles. The summed E-state index contributed by atoms with van der Waals surface area (Å²) < 4.78 is 4.90. The summed E-state index contributed by atoms with van der Waals surface area (Å²) in [6, 6.07) is 0. The average Bonchev–Trinajstić information content (AvgIpc) is 2.89. The highest BCUT2D eigenvalue weighted by atomic mass is 16.6. The van der Waals surface area contributed by atoms with E-state index in [-0.39, 0.29) is 30.5 Å². The van der Waals surface area contributed by atoms with Crippen LogP contribution in [0.25, 0.3) is 0 Å². The Kier molecular flexibility index (Phi) is 4.86. The van der Waals surface area contributed by atoms with Gasteiger partial charge in [-0.25, -0.2) is 4.79 Å². The molecule has 0 aromatic heterocycles. The standard InChI is InChI=1S/C20H30O5/c1-12-4-7-16-19(2,9-8-17(23)20(16,3)11-21)14(12)6-5-13-15(22)10-25-18(13)24/h5,14-17,21-23H,1,4,6-11H2,2-3H3/t14-,15?,16+,17?,19?,20+/m1/s1. The van der Waals surface area contributed by atoms with Gasteiger partial charge in [-0.05, 0) is 49.4 Å². The van der Waals surface area contributed by atoms with Gasteiger partial charge in [-0.2, -0.15) is 0 Å². The van der Waals surface area contributed by atoms with Crippen molar-refractivity contribution in [2.24, 2.45) is 22.7 Å². The van der Waals surface area contributed by atoms with Gasteiger partial charge in [0.2, 0.25) is 0 Å². The zero-order chi connectivity index (χ0) is 18.4. The lowest BCUT2D eigenvalue weighted by Crippen LogP contribution is -2.57. The van der Waals surface area contributed by atoms with E-state index in [0.717, 1.165) is 24.8 Å². The molecule has 0 aromatic carbocycles. The van der Waals surface area contributed by atoms with E-state index in [4.69, 9.17) is 4.74 Å². The van der Waals surface area contributed by atoms with Gasteiger partial charge in [0, 0.05) is 5.41 Å². The predicted molar refractivity (Wildman–Crippen MR) is 93.6 cm³/mol. The summed E-state index contributed by atoms with van der Waals surface area (Å²) in [5, 5.41) is 30.4. The Bertz CT molecular complexity index is 597. The molecule has 5 nitrogen and oxygen atoms in total. The minimum absolute atomic E-state index is 0.0280. The number of aliphatic hydroxyl groups is 3. The van der Waals surface area contributed by atoms with Crippen molar-refractivity contribution in [1.29, 1.82) is 0 Å². The molecule has 0 bridgehead atoms. The predicted octanol–water partition coefficient (Wildman–Crippen LogP) is 1.96. The molecule has 3 unspecified atom stereocenters. The highest BCUT2D eigenvalue weighted by Crippen LogP contribution is 2.61. The van der Waals surface area contributed by atoms with Crippen molar-refractivity contribution in [3.05, 3.63) is 23.8 Å². The van der Waals surface area contributed by atoms with Gasteiger partial charge >= 0.3 is 5.97 Å². The quantitative estimate of drug-likeness (QED) is 0.411. The summed E-state index contributed by atoms with van der Waals surface area (Å²) in [4.78, 5) is 11.8. The van der Waals surface area contributed by atoms with Crippen LogP contribution in [0.1, 0.15) is 46.0 Å². The first-order chi connectivity index (χ1) is 11.7. The molecule has 3 fully saturated rings. The number of allylic oxidation sites excluding steroid dienone is 2. The van der Waals surface area contributed by atoms with Crippen LogP contribution in [0.15, 0.2) is 23.8 Å². The SMILES string of the molecule is C=C1CC[C@H]2C(C)(CCC(O)[C@@]2(C)CO)[C@@H]1CC=C1C(=O)OCC1O. The zero-order valence-corrected chi connectivity index (χ0v) is 15.2. The lowest BCUT2D eigenvalue weighted by atomic mass is 9.46. The van der Waals surface area contributed by atoms with Gasteiger partial charge in [0.15, 0.2) is 0 Å². The Morgan fingerprint density at radius 2 is 2.04 bits per heavy atom. The third kappa shape index (κ3) is 2.86. The minimum Gasteiger partial charge on any atom is -0.459 e. The first-order valence-electron chi connectivity index (χ1n) is 9.26. The molecule has 0 aromatic rings. The first kappa shape index (κ1) is 18.6. The number of fused-ring (bicyclic) bond motifs is 1. The summed E-state index contributed by atoms with van der Waals surface area (Å²) in [6.45, 7) is 8.50. The van der Waals surface area contributed by atoms with E-state index < -0.39 is 23.6 Å². The lowest BCUT2D eigenvalue weighted by Gasteiger charge is -2.59. The third-order valence-corrected chi connectivity index (χ3v) is 7.23. The van der Waals surface area contributed by atoms with Crippen LogP contribution in [0.3, 0.4) is 0 Å². The Morgan fingerprint density at radius 3 is 2.64 bits per heavy atom. The number of hydrogen-bond donors (Lipinski definition) is 3. The van der Waals surface area contributed by atoms with Crippen molar-refractivity contribution < 1.29 is 24.9 Å². The van der Waals surface area contributed by atoms with E-state index >= 15 is 0 Å². The maximum Gasteiger partial charge on any atom is 0.336 e. The highest BCUT2D eigenvalue weighted by molar-refractivity contribution is 5.91. The van der Waals surface area contributed by atoms with Gasteiger partial charge < -0.3 is 20.1 Å². The van der Waals surface area contributed by atoms with Crippen LogP contribution in [-0.2, 0) is 9.53 Å². The third-order valence-electron chi connectivity index (χ3n) is 7.23. The topological polar surface area (TPSA) is 87.0 Å². The molecule has 140 valence electrons. The van der Waals surface area contributed by atoms with Crippen molar-refractivity contribution in [1.82, 2.24) is 0 Å². The molecule has 3 aliphatic rings. The second-order valence-electron chi connectivity index (χ2n) is 8.54. The molecule has 3 N–H and O–H groups in total. The first-order valence-corrected chi connectivity index (χ1v) is 9.26. The molecule has 5 heteroatoms. The zero-order valence-electron chi connectivity index (χ0n) is 15.2. The van der Waals surface area contributed by atoms with Gasteiger partial charge in [0.1, 0.15) is 12.7 Å². The van der Waals surface area contributed by atoms with Gasteiger partial charge in [-0.1, -0.05) is 32.1 Å². The molecule has 0 amide bonds. The van der Waals surface area contributed by atoms with E-state index in [2.05, 4.69) is 13.5 Å². The van der Waals surface area contributed by atoms with Crippen LogP contribution in [-0.4, -0.2) is 46.7 Å². The second-order valence-corrected chi connectivity index (χ2v) is 8.54. The van der Waals surface area contributed by atoms with Gasteiger partial charge in [0.25, 0.3) is 0 Å². The summed E-state index contributed by atoms with van der Waals surface area (Å²) in [7, 11) is 0. The molecule has 3 rings (SSSR count). The monoisotopic (exact) mass is 350 g/mol. The molecule has 0 spiro atoms. The Labute approximate surface area is 149 Å². The Morgan fingerprint density at radius 1 is 1.32 bits per heavy atom. The van der Waals surface area contributed by atoms with Crippen molar-refractivity contribution in [3.8, 4) is 0 Å². The molecule has 1 heterocycles. The van der Waals surface area contributed by atoms with Crippen LogP contribution in [0.5, 0.6) is 0 Å². The smallest absolute Gasteiger partial charge is 0.336 e. The average molecular weight is 350 g/mol. The van der Waals surface area contributed by atoms with Crippen molar-refractivity contribution >= 4 is 5.97 Å². The minimum atomic E-state index is -0.844. The molecule has 6 atom stereocenters. The summed E-state index contributed by atoms with van der Waals surface area (Å²) in [5.41, 5.74) is 0.911. The number of carbonyl (C=O) groups excluding carboxylic acids is 1. The summed E-state index contributed by atoms with van der Waals surface area (Å²) in [5.74, 6) is -0.0734. The molecular weight excluding hydrogens is 320 g/mol. The molecule has 2 saturated carbocycles. The van der Waals surface area contributed by atoms with E-state index in [1.807, 2.05) is 13.0 Å². The number of ether oxygens (including phenoxy) is 1. The van der Waals surface area contributed by atoms with E-state index in [1.165, 1.54) is 0 Å². The van der Waals surface area contributed by atoms with E-state index in [0.29, 0.717) is 18.4 Å². The summed E-state index contributed by atoms with van der Waals surface area (Å²) >= 11 is 0. The fourth-order valence-electron chi connectivity index (χ4n) is 5.56. The van der Waals surface area contributed by atoms with Crippen LogP contribution in [0, 0.1) is 22.7 Å². The number of cyclic esters (lactones) is 1. The highest BCUT2D eigenvalue weighted by Gasteiger charge is 2.57. The van der Waals surface area contributed by atoms with Crippen molar-refractivity contribution in [2.45, 2.75) is 58.2 Å². The molecule has 25 heavy (non-hydrogen) atoms. The van der Waals surface area contributed by atoms with E-state index in [9.17, 15) is 20.1 Å². The second kappa shape index (κ2) is 6.53. The van der Waals surface area contributed by atoms with Crippen molar-refractivity contribution in [2.75, 3.05) is 13.2 Å². The summed E-state index contributed by atoms with van der Waals surface area (Å²) in [6.07, 6.45) is 4.42. The van der Waals surface area contributed by atoms with Crippen LogP contribution < -0.4 is 0 Å². The number of aliphatic hydroxyl groups excluding tert-OH is 3. The maximum absolute atomic E-state index is 11.8. The number of hydrogen-bond acceptors (Lipinski definition) is 5. The van der Waals surface area contributed by atoms with Gasteiger partial charge in [0.05, 0.1) is 18.3 Å². The van der Waals surface area contributed by atoms with Crippen molar-refractivity contribution in [3.63, 3.8) is 0 Å². The Balaban J connectivity index is 1.89. The van der Waals surface area contributed by atoms with Crippen LogP contribution >= 0.6 is 0 Å². The lowest BCUT2D eigenvalue weighted by molar-refractivity contribution is -0.151. The van der Waals surface area contributed by atoms with Gasteiger partial charge in [-0.15, -0.1) is 0 Å². The normalized spacial score (nSPS) is 46.2. The molecule has 1 saturated heterocycles.